The molecule has 0 aliphatic carbocycles. The number of aryl methyl sites for hydroxylation is 4. The first kappa shape index (κ1) is 52.0. The van der Waals surface area contributed by atoms with Crippen molar-refractivity contribution in [2.24, 2.45) is 0 Å². The van der Waals surface area contributed by atoms with Crippen LogP contribution in [0.15, 0.2) is 45.4 Å². The number of hydrogen-bond acceptors (Lipinski definition) is 16. The molecular formula is C50H65Cl2N9O7. The van der Waals surface area contributed by atoms with Crippen LogP contribution in [0.3, 0.4) is 0 Å². The number of methoxy groups -OCH3 is 1. The van der Waals surface area contributed by atoms with Crippen LogP contribution in [0.5, 0.6) is 17.4 Å². The number of nitrogens with zero attached hydrogens (tertiary/aromatic N) is 6. The second-order valence-electron chi connectivity index (χ2n) is 16.5. The second kappa shape index (κ2) is 25.8. The average molecular weight is 975 g/mol. The summed E-state index contributed by atoms with van der Waals surface area (Å²) in [6.07, 6.45) is 6.22. The molecular weight excluding hydrogens is 910 g/mol. The molecule has 8 rings (SSSR count). The highest BCUT2D eigenvalue weighted by Gasteiger charge is 2.25. The molecule has 6 heterocycles. The molecule has 2 aromatic carbocycles. The minimum absolute atomic E-state index is 0.282. The molecule has 366 valence electrons. The molecule has 3 N–H and O–H groups in total. The number of ether oxygens (including phenoxy) is 5. The fraction of sp³-hybridized carbons (Fsp3) is 0.480. The van der Waals surface area contributed by atoms with Crippen LogP contribution in [0.4, 0.5) is 5.82 Å². The monoisotopic (exact) mass is 973 g/mol. The molecule has 16 nitrogen and oxygen atoms in total. The van der Waals surface area contributed by atoms with Gasteiger partial charge >= 0.3 is 0 Å². The number of benzene rings is 2. The third-order valence-corrected chi connectivity index (χ3v) is 12.1. The number of aromatic nitrogens is 6. The van der Waals surface area contributed by atoms with Crippen molar-refractivity contribution in [3.8, 4) is 62.7 Å². The lowest BCUT2D eigenvalue weighted by molar-refractivity contribution is 0.0904. The molecule has 2 saturated heterocycles. The maximum Gasteiger partial charge on any atom is 0.220 e. The number of halogens is 2. The fourth-order valence-corrected chi connectivity index (χ4v) is 8.08. The van der Waals surface area contributed by atoms with Gasteiger partial charge in [-0.25, -0.2) is 15.0 Å². The lowest BCUT2D eigenvalue weighted by atomic mass is 10.0. The normalized spacial score (nSPS) is 13.6. The fourth-order valence-electron chi connectivity index (χ4n) is 7.68. The van der Waals surface area contributed by atoms with Gasteiger partial charge in [0.05, 0.1) is 64.3 Å². The Bertz CT molecular complexity index is 2510. The molecule has 0 unspecified atom stereocenters. The summed E-state index contributed by atoms with van der Waals surface area (Å²) >= 11 is 13.1. The molecule has 0 saturated carbocycles. The highest BCUT2D eigenvalue weighted by Crippen LogP contribution is 2.38. The van der Waals surface area contributed by atoms with E-state index in [0.717, 1.165) is 127 Å². The molecule has 0 amide bonds. The van der Waals surface area contributed by atoms with Crippen molar-refractivity contribution < 1.29 is 32.7 Å². The van der Waals surface area contributed by atoms with Crippen LogP contribution in [-0.4, -0.2) is 110 Å². The second-order valence-corrected chi connectivity index (χ2v) is 17.4. The summed E-state index contributed by atoms with van der Waals surface area (Å²) in [5.41, 5.74) is 7.89. The first-order valence-electron chi connectivity index (χ1n) is 23.2. The lowest BCUT2D eigenvalue weighted by Gasteiger charge is -2.25. The van der Waals surface area contributed by atoms with Crippen LogP contribution in [0.25, 0.3) is 45.3 Å². The van der Waals surface area contributed by atoms with E-state index in [1.807, 2.05) is 86.0 Å². The minimum atomic E-state index is 0.282. The van der Waals surface area contributed by atoms with Gasteiger partial charge in [-0.2, -0.15) is 4.98 Å². The molecule has 68 heavy (non-hydrogen) atoms. The quantitative estimate of drug-likeness (QED) is 0.0733. The van der Waals surface area contributed by atoms with E-state index in [1.165, 1.54) is 12.8 Å². The standard InChI is InChI=1S/C25H32ClN5O3.C21H25ClN4O3.C4H8O/c1-15-23(22-16(2)31-34-17(22)3)29-25(30-24(15)28-18-8-12-32-13-9-18)20-14-19(6-7-21(20)26)33-11-5-10-27-4;1-12-19(18-13(2)26-29-14(18)3)24-20(25-21(12)27-5)16-11-15(7-8-17(16)22)28-10-6-9-23-4;1-2-4-5-3-1/h6-7,14,18,27H,5,8-13H2,1-4H3,(H,28,29,30);7-8,11,23H,6,9-10H2,1-5H3;1-4H2. The third kappa shape index (κ3) is 13.7. The molecule has 0 spiro atoms. The molecule has 4 aromatic heterocycles. The summed E-state index contributed by atoms with van der Waals surface area (Å²) in [7, 11) is 5.43. The van der Waals surface area contributed by atoms with E-state index >= 15 is 0 Å². The maximum absolute atomic E-state index is 6.62. The highest BCUT2D eigenvalue weighted by atomic mass is 35.5. The third-order valence-electron chi connectivity index (χ3n) is 11.4. The van der Waals surface area contributed by atoms with Gasteiger partial charge in [0, 0.05) is 54.7 Å². The van der Waals surface area contributed by atoms with Crippen LogP contribution in [0.1, 0.15) is 72.6 Å². The van der Waals surface area contributed by atoms with Crippen molar-refractivity contribution in [2.75, 3.05) is 79.3 Å². The number of nitrogens with one attached hydrogen (secondary N) is 3. The molecule has 6 aromatic rings. The Hall–Kier alpha value is -5.36. The summed E-state index contributed by atoms with van der Waals surface area (Å²) in [6.45, 7) is 18.0. The smallest absolute Gasteiger partial charge is 0.220 e. The van der Waals surface area contributed by atoms with Crippen LogP contribution in [-0.2, 0) is 9.47 Å². The van der Waals surface area contributed by atoms with E-state index in [0.29, 0.717) is 63.6 Å². The van der Waals surface area contributed by atoms with Crippen molar-refractivity contribution in [3.05, 3.63) is 80.5 Å². The zero-order valence-electron chi connectivity index (χ0n) is 40.7. The summed E-state index contributed by atoms with van der Waals surface area (Å²) < 4.78 is 38.5. The van der Waals surface area contributed by atoms with Gasteiger partial charge in [0.15, 0.2) is 11.6 Å². The van der Waals surface area contributed by atoms with Crippen LogP contribution >= 0.6 is 23.2 Å². The van der Waals surface area contributed by atoms with Crippen LogP contribution in [0, 0.1) is 41.5 Å². The van der Waals surface area contributed by atoms with Gasteiger partial charge in [0.25, 0.3) is 0 Å². The zero-order chi connectivity index (χ0) is 48.6. The molecule has 0 bridgehead atoms. The summed E-state index contributed by atoms with van der Waals surface area (Å²) in [5.74, 6) is 5.08. The highest BCUT2D eigenvalue weighted by molar-refractivity contribution is 6.33. The summed E-state index contributed by atoms with van der Waals surface area (Å²) in [4.78, 5) is 19.2. The molecule has 18 heteroatoms. The molecule has 2 aliphatic heterocycles. The number of hydrogen-bond donors (Lipinski definition) is 3. The van der Waals surface area contributed by atoms with Gasteiger partial charge in [-0.05, 0) is 144 Å². The van der Waals surface area contributed by atoms with Crippen molar-refractivity contribution in [3.63, 3.8) is 0 Å². The SMILES string of the molecule is C1CCOC1.CNCCCOc1ccc(Cl)c(-c2nc(NC3CCOCC3)c(C)c(-c3c(C)noc3C)n2)c1.CNCCCOc1ccc(Cl)c(-c2nc(OC)c(C)c(-c3c(C)noc3C)n2)c1. The van der Waals surface area contributed by atoms with E-state index in [-0.39, 0.29) is 6.04 Å². The van der Waals surface area contributed by atoms with Crippen molar-refractivity contribution in [2.45, 2.75) is 86.1 Å². The average Bonchev–Trinajstić information content (AvgIpc) is 4.12. The van der Waals surface area contributed by atoms with E-state index in [1.54, 1.807) is 13.2 Å². The van der Waals surface area contributed by atoms with Gasteiger partial charge in [0.2, 0.25) is 5.88 Å². The lowest BCUT2D eigenvalue weighted by Crippen LogP contribution is -2.28. The van der Waals surface area contributed by atoms with E-state index in [9.17, 15) is 0 Å². The van der Waals surface area contributed by atoms with Gasteiger partial charge in [-0.1, -0.05) is 33.5 Å². The van der Waals surface area contributed by atoms with Crippen molar-refractivity contribution in [1.29, 1.82) is 0 Å². The van der Waals surface area contributed by atoms with Crippen molar-refractivity contribution in [1.82, 2.24) is 40.9 Å². The topological polar surface area (TPSA) is 186 Å². The molecule has 2 aliphatic rings. The number of anilines is 1. The first-order chi connectivity index (χ1) is 32.9. The Balaban J connectivity index is 0.000000205. The maximum atomic E-state index is 6.62. The Morgan fingerprint density at radius 2 is 1.12 bits per heavy atom. The van der Waals surface area contributed by atoms with E-state index < -0.39 is 0 Å². The largest absolute Gasteiger partial charge is 0.494 e. The van der Waals surface area contributed by atoms with Crippen LogP contribution < -0.4 is 30.2 Å². The van der Waals surface area contributed by atoms with Gasteiger partial charge in [0.1, 0.15) is 28.8 Å². The van der Waals surface area contributed by atoms with Crippen LogP contribution in [0.2, 0.25) is 10.0 Å². The summed E-state index contributed by atoms with van der Waals surface area (Å²) in [6, 6.07) is 11.4. The Morgan fingerprint density at radius 1 is 0.632 bits per heavy atom. The predicted octanol–water partition coefficient (Wildman–Crippen LogP) is 10.1. The predicted molar refractivity (Wildman–Crippen MR) is 267 cm³/mol. The summed E-state index contributed by atoms with van der Waals surface area (Å²) in [5, 5.41) is 19.1. The molecule has 0 radical (unpaired) electrons. The first-order valence-corrected chi connectivity index (χ1v) is 23.9. The molecule has 0 atom stereocenters. The van der Waals surface area contributed by atoms with E-state index in [4.69, 9.17) is 70.9 Å². The van der Waals surface area contributed by atoms with E-state index in [2.05, 4.69) is 31.2 Å². The van der Waals surface area contributed by atoms with Gasteiger partial charge in [-0.15, -0.1) is 0 Å². The Kier molecular flexibility index (Phi) is 19.8. The van der Waals surface area contributed by atoms with Crippen molar-refractivity contribution >= 4 is 29.0 Å². The number of rotatable bonds is 17. The van der Waals surface area contributed by atoms with Gasteiger partial charge in [-0.3, -0.25) is 0 Å². The Labute approximate surface area is 409 Å². The van der Waals surface area contributed by atoms with Gasteiger partial charge < -0.3 is 48.7 Å². The zero-order valence-corrected chi connectivity index (χ0v) is 42.2. The minimum Gasteiger partial charge on any atom is -0.494 e. The molecule has 2 fully saturated rings. The Morgan fingerprint density at radius 3 is 1.56 bits per heavy atom.